The van der Waals surface area contributed by atoms with Crippen LogP contribution in [0.1, 0.15) is 32.6 Å². The number of nitrogens with one attached hydrogen (secondary N) is 3. The number of nitrogens with zero attached hydrogens (tertiary/aromatic N) is 3. The molecule has 0 amide bonds. The fraction of sp³-hybridized carbons (Fsp3) is 0.615. The van der Waals surface area contributed by atoms with Crippen LogP contribution in [0.25, 0.3) is 11.0 Å². The lowest BCUT2D eigenvalue weighted by Crippen LogP contribution is -2.25. The first-order valence-electron chi connectivity index (χ1n) is 7.19. The molecule has 0 radical (unpaired) electrons. The Labute approximate surface area is 117 Å². The second kappa shape index (κ2) is 5.62. The maximum absolute atomic E-state index is 5.40. The Morgan fingerprint density at radius 2 is 2.20 bits per heavy atom. The van der Waals surface area contributed by atoms with Crippen LogP contribution in [0, 0.1) is 11.8 Å². The highest BCUT2D eigenvalue weighted by molar-refractivity contribution is 5.86. The molecule has 2 aromatic rings. The standard InChI is InChI=1S/C13H21N7/c1-8-4-2-3-5-9(8)6-15-11-10-7-16-20-12(10)18-13(17-11)19-14/h7-9H,2-6,14H2,1H3,(H3,15,16,17,18,19,20). The summed E-state index contributed by atoms with van der Waals surface area (Å²) in [5.41, 5.74) is 3.17. The van der Waals surface area contributed by atoms with Crippen LogP contribution in [0.15, 0.2) is 6.20 Å². The Kier molecular flexibility index (Phi) is 3.68. The van der Waals surface area contributed by atoms with E-state index in [9.17, 15) is 0 Å². The number of nitrogen functional groups attached to an aromatic ring is 1. The molecule has 0 spiro atoms. The quantitative estimate of drug-likeness (QED) is 0.501. The summed E-state index contributed by atoms with van der Waals surface area (Å²) in [5.74, 6) is 8.05. The first kappa shape index (κ1) is 13.1. The van der Waals surface area contributed by atoms with Crippen molar-refractivity contribution in [1.82, 2.24) is 20.2 Å². The molecule has 1 fully saturated rings. The number of hydrogen-bond acceptors (Lipinski definition) is 6. The number of nitrogens with two attached hydrogens (primary N) is 1. The van der Waals surface area contributed by atoms with E-state index in [2.05, 4.69) is 37.8 Å². The zero-order chi connectivity index (χ0) is 13.9. The van der Waals surface area contributed by atoms with E-state index in [4.69, 9.17) is 5.84 Å². The lowest BCUT2D eigenvalue weighted by Gasteiger charge is -2.29. The van der Waals surface area contributed by atoms with Crippen LogP contribution in [-0.2, 0) is 0 Å². The summed E-state index contributed by atoms with van der Waals surface area (Å²) in [6, 6.07) is 0. The van der Waals surface area contributed by atoms with Crippen molar-refractivity contribution in [3.8, 4) is 0 Å². The van der Waals surface area contributed by atoms with Gasteiger partial charge in [-0.2, -0.15) is 15.1 Å². The summed E-state index contributed by atoms with van der Waals surface area (Å²) >= 11 is 0. The predicted molar refractivity (Wildman–Crippen MR) is 79.1 cm³/mol. The summed E-state index contributed by atoms with van der Waals surface area (Å²) in [6.45, 7) is 3.27. The fourth-order valence-electron chi connectivity index (χ4n) is 2.96. The van der Waals surface area contributed by atoms with Gasteiger partial charge in [-0.15, -0.1) is 0 Å². The van der Waals surface area contributed by atoms with E-state index >= 15 is 0 Å². The summed E-state index contributed by atoms with van der Waals surface area (Å²) in [6.07, 6.45) is 7.04. The van der Waals surface area contributed by atoms with Gasteiger partial charge in [-0.3, -0.25) is 10.5 Å². The number of anilines is 2. The number of fused-ring (bicyclic) bond motifs is 1. The van der Waals surface area contributed by atoms with Gasteiger partial charge >= 0.3 is 0 Å². The minimum atomic E-state index is 0.390. The van der Waals surface area contributed by atoms with E-state index in [1.54, 1.807) is 6.20 Å². The molecule has 2 atom stereocenters. The lowest BCUT2D eigenvalue weighted by molar-refractivity contribution is 0.268. The fourth-order valence-corrected chi connectivity index (χ4v) is 2.96. The van der Waals surface area contributed by atoms with Gasteiger partial charge in [0.05, 0.1) is 11.6 Å². The molecule has 0 aliphatic heterocycles. The van der Waals surface area contributed by atoms with Gasteiger partial charge in [0, 0.05) is 6.54 Å². The van der Waals surface area contributed by atoms with Crippen molar-refractivity contribution < 1.29 is 0 Å². The van der Waals surface area contributed by atoms with Crippen LogP contribution in [0.5, 0.6) is 0 Å². The maximum atomic E-state index is 5.40. The highest BCUT2D eigenvalue weighted by Gasteiger charge is 2.21. The number of hydrazine groups is 1. The number of aromatic amines is 1. The molecule has 2 unspecified atom stereocenters. The SMILES string of the molecule is CC1CCCCC1CNc1nc(NN)nc2[nH]ncc12. The van der Waals surface area contributed by atoms with Gasteiger partial charge < -0.3 is 5.32 Å². The van der Waals surface area contributed by atoms with E-state index in [1.807, 2.05) is 0 Å². The Balaban J connectivity index is 1.77. The first-order valence-corrected chi connectivity index (χ1v) is 7.19. The summed E-state index contributed by atoms with van der Waals surface area (Å²) in [7, 11) is 0. The zero-order valence-electron chi connectivity index (χ0n) is 11.7. The third-order valence-electron chi connectivity index (χ3n) is 4.26. The van der Waals surface area contributed by atoms with Gasteiger partial charge in [0.25, 0.3) is 0 Å². The predicted octanol–water partition coefficient (Wildman–Crippen LogP) is 1.88. The maximum Gasteiger partial charge on any atom is 0.241 e. The van der Waals surface area contributed by atoms with Crippen molar-refractivity contribution in [2.45, 2.75) is 32.6 Å². The number of hydrogen-bond donors (Lipinski definition) is 4. The minimum Gasteiger partial charge on any atom is -0.369 e. The van der Waals surface area contributed by atoms with Crippen LogP contribution in [-0.4, -0.2) is 26.7 Å². The van der Waals surface area contributed by atoms with E-state index in [1.165, 1.54) is 25.7 Å². The molecule has 1 saturated carbocycles. The van der Waals surface area contributed by atoms with Gasteiger partial charge in [0.1, 0.15) is 5.82 Å². The van der Waals surface area contributed by atoms with Crippen LogP contribution in [0.4, 0.5) is 11.8 Å². The topological polar surface area (TPSA) is 105 Å². The van der Waals surface area contributed by atoms with Crippen molar-refractivity contribution in [2.75, 3.05) is 17.3 Å². The largest absolute Gasteiger partial charge is 0.369 e. The van der Waals surface area contributed by atoms with Crippen LogP contribution < -0.4 is 16.6 Å². The number of rotatable bonds is 4. The molecule has 108 valence electrons. The molecule has 0 saturated heterocycles. The smallest absolute Gasteiger partial charge is 0.241 e. The number of aromatic nitrogens is 4. The van der Waals surface area contributed by atoms with Gasteiger partial charge in [-0.1, -0.05) is 26.2 Å². The Hall–Kier alpha value is -1.89. The van der Waals surface area contributed by atoms with Crippen molar-refractivity contribution in [3.63, 3.8) is 0 Å². The molecule has 2 heterocycles. The molecular weight excluding hydrogens is 254 g/mol. The Morgan fingerprint density at radius 3 is 3.00 bits per heavy atom. The molecule has 5 N–H and O–H groups in total. The molecule has 1 aliphatic rings. The molecule has 2 aromatic heterocycles. The van der Waals surface area contributed by atoms with Gasteiger partial charge in [0.2, 0.25) is 5.95 Å². The molecule has 3 rings (SSSR count). The van der Waals surface area contributed by atoms with Gasteiger partial charge in [-0.05, 0) is 18.3 Å². The van der Waals surface area contributed by atoms with Gasteiger partial charge in [-0.25, -0.2) is 5.84 Å². The molecule has 7 heteroatoms. The van der Waals surface area contributed by atoms with E-state index < -0.39 is 0 Å². The molecule has 1 aliphatic carbocycles. The van der Waals surface area contributed by atoms with Gasteiger partial charge in [0.15, 0.2) is 5.65 Å². The first-order chi connectivity index (χ1) is 9.78. The summed E-state index contributed by atoms with van der Waals surface area (Å²) in [4.78, 5) is 8.60. The van der Waals surface area contributed by atoms with Crippen LogP contribution >= 0.6 is 0 Å². The van der Waals surface area contributed by atoms with Crippen LogP contribution in [0.3, 0.4) is 0 Å². The molecule has 0 aromatic carbocycles. The van der Waals surface area contributed by atoms with Crippen molar-refractivity contribution >= 4 is 22.8 Å². The monoisotopic (exact) mass is 275 g/mol. The van der Waals surface area contributed by atoms with Crippen LogP contribution in [0.2, 0.25) is 0 Å². The number of H-pyrrole nitrogens is 1. The average Bonchev–Trinajstić information content (AvgIpc) is 2.94. The molecular formula is C13H21N7. The van der Waals surface area contributed by atoms with Crippen molar-refractivity contribution in [1.29, 1.82) is 0 Å². The zero-order valence-corrected chi connectivity index (χ0v) is 11.7. The summed E-state index contributed by atoms with van der Waals surface area (Å²) in [5, 5.41) is 11.2. The minimum absolute atomic E-state index is 0.390. The van der Waals surface area contributed by atoms with E-state index in [0.29, 0.717) is 17.5 Å². The Bertz CT molecular complexity index is 579. The van der Waals surface area contributed by atoms with Crippen molar-refractivity contribution in [3.05, 3.63) is 6.20 Å². The van der Waals surface area contributed by atoms with E-state index in [0.717, 1.165) is 23.7 Å². The normalized spacial score (nSPS) is 22.9. The Morgan fingerprint density at radius 1 is 1.35 bits per heavy atom. The third kappa shape index (κ3) is 2.53. The molecule has 0 bridgehead atoms. The summed E-state index contributed by atoms with van der Waals surface area (Å²) < 4.78 is 0. The molecule has 20 heavy (non-hydrogen) atoms. The second-order valence-corrected chi connectivity index (χ2v) is 5.58. The molecule has 7 nitrogen and oxygen atoms in total. The second-order valence-electron chi connectivity index (χ2n) is 5.58. The lowest BCUT2D eigenvalue weighted by atomic mass is 9.80. The van der Waals surface area contributed by atoms with E-state index in [-0.39, 0.29) is 0 Å². The average molecular weight is 275 g/mol. The van der Waals surface area contributed by atoms with Crippen molar-refractivity contribution in [2.24, 2.45) is 17.7 Å². The highest BCUT2D eigenvalue weighted by Crippen LogP contribution is 2.30. The third-order valence-corrected chi connectivity index (χ3v) is 4.26. The highest BCUT2D eigenvalue weighted by atomic mass is 15.3.